The van der Waals surface area contributed by atoms with Crippen molar-refractivity contribution >= 4 is 5.91 Å². The lowest BCUT2D eigenvalue weighted by molar-refractivity contribution is -0.124. The Morgan fingerprint density at radius 1 is 1.24 bits per heavy atom. The van der Waals surface area contributed by atoms with E-state index < -0.39 is 31.3 Å². The second-order valence-corrected chi connectivity index (χ2v) is 3.80. The van der Waals surface area contributed by atoms with Gasteiger partial charge in [-0.15, -0.1) is 0 Å². The average Bonchev–Trinajstić information content (AvgIpc) is 2.37. The minimum absolute atomic E-state index is 0.0303. The SMILES string of the molecule is O=C(Cc1ccccn1)NC(CO)(CO)CO. The van der Waals surface area contributed by atoms with Gasteiger partial charge in [-0.3, -0.25) is 9.78 Å². The summed E-state index contributed by atoms with van der Waals surface area (Å²) in [7, 11) is 0. The molecule has 4 N–H and O–H groups in total. The first-order chi connectivity index (χ1) is 8.15. The number of carbonyl (C=O) groups excluding carboxylic acids is 1. The molecule has 0 saturated carbocycles. The minimum Gasteiger partial charge on any atom is -0.394 e. The van der Waals surface area contributed by atoms with E-state index in [1.807, 2.05) is 0 Å². The van der Waals surface area contributed by atoms with Gasteiger partial charge in [0.1, 0.15) is 5.54 Å². The van der Waals surface area contributed by atoms with Gasteiger partial charge in [-0.2, -0.15) is 0 Å². The predicted molar refractivity (Wildman–Crippen MR) is 60.1 cm³/mol. The molecule has 1 rings (SSSR count). The number of carbonyl (C=O) groups is 1. The van der Waals surface area contributed by atoms with Gasteiger partial charge in [0.25, 0.3) is 0 Å². The Labute approximate surface area is 98.9 Å². The van der Waals surface area contributed by atoms with Crippen LogP contribution in [-0.4, -0.2) is 51.6 Å². The van der Waals surface area contributed by atoms with Crippen LogP contribution in [0.5, 0.6) is 0 Å². The molecule has 0 bridgehead atoms. The molecule has 1 aromatic heterocycles. The summed E-state index contributed by atoms with van der Waals surface area (Å²) in [6.45, 7) is -1.60. The molecule has 0 aliphatic rings. The van der Waals surface area contributed by atoms with E-state index in [1.54, 1.807) is 24.4 Å². The molecule has 1 heterocycles. The molecular formula is C11H16N2O4. The van der Waals surface area contributed by atoms with Crippen molar-refractivity contribution in [3.05, 3.63) is 30.1 Å². The molecule has 0 fully saturated rings. The highest BCUT2D eigenvalue weighted by Crippen LogP contribution is 2.03. The quantitative estimate of drug-likeness (QED) is 0.482. The van der Waals surface area contributed by atoms with E-state index in [-0.39, 0.29) is 6.42 Å². The number of aliphatic hydroxyl groups excluding tert-OH is 3. The first kappa shape index (κ1) is 13.6. The Morgan fingerprint density at radius 2 is 1.88 bits per heavy atom. The summed E-state index contributed by atoms with van der Waals surface area (Å²) in [6.07, 6.45) is 1.60. The van der Waals surface area contributed by atoms with Crippen LogP contribution < -0.4 is 5.32 Å². The van der Waals surface area contributed by atoms with Gasteiger partial charge in [0, 0.05) is 11.9 Å². The molecule has 0 saturated heterocycles. The lowest BCUT2D eigenvalue weighted by Crippen LogP contribution is -2.57. The molecule has 0 aliphatic heterocycles. The number of nitrogens with one attached hydrogen (secondary N) is 1. The van der Waals surface area contributed by atoms with Gasteiger partial charge in [0.15, 0.2) is 0 Å². The first-order valence-corrected chi connectivity index (χ1v) is 5.19. The Morgan fingerprint density at radius 3 is 2.35 bits per heavy atom. The van der Waals surface area contributed by atoms with Gasteiger partial charge in [-0.1, -0.05) is 6.07 Å². The Kier molecular flexibility index (Phi) is 5.02. The van der Waals surface area contributed by atoms with Crippen LogP contribution in [0.15, 0.2) is 24.4 Å². The van der Waals surface area contributed by atoms with Gasteiger partial charge in [0.05, 0.1) is 26.2 Å². The monoisotopic (exact) mass is 240 g/mol. The third-order valence-electron chi connectivity index (χ3n) is 2.38. The Bertz CT molecular complexity index is 343. The summed E-state index contributed by atoms with van der Waals surface area (Å²) >= 11 is 0. The molecule has 17 heavy (non-hydrogen) atoms. The fourth-order valence-electron chi connectivity index (χ4n) is 1.28. The maximum atomic E-state index is 11.6. The molecule has 1 aromatic rings. The van der Waals surface area contributed by atoms with E-state index in [4.69, 9.17) is 15.3 Å². The van der Waals surface area contributed by atoms with E-state index in [0.29, 0.717) is 5.69 Å². The number of rotatable bonds is 6. The summed E-state index contributed by atoms with van der Waals surface area (Å²) in [4.78, 5) is 15.6. The van der Waals surface area contributed by atoms with Crippen molar-refractivity contribution in [3.63, 3.8) is 0 Å². The van der Waals surface area contributed by atoms with Crippen molar-refractivity contribution in [2.75, 3.05) is 19.8 Å². The van der Waals surface area contributed by atoms with Gasteiger partial charge in [-0.25, -0.2) is 0 Å². The van der Waals surface area contributed by atoms with Crippen LogP contribution in [0.4, 0.5) is 0 Å². The first-order valence-electron chi connectivity index (χ1n) is 5.19. The molecule has 6 heteroatoms. The maximum Gasteiger partial charge on any atom is 0.226 e. The molecule has 0 aliphatic carbocycles. The largest absolute Gasteiger partial charge is 0.394 e. The Balaban J connectivity index is 2.60. The van der Waals surface area contributed by atoms with Crippen LogP contribution >= 0.6 is 0 Å². The van der Waals surface area contributed by atoms with Crippen molar-refractivity contribution in [3.8, 4) is 0 Å². The van der Waals surface area contributed by atoms with Crippen molar-refractivity contribution in [2.24, 2.45) is 0 Å². The number of hydrogen-bond acceptors (Lipinski definition) is 5. The van der Waals surface area contributed by atoms with Crippen molar-refractivity contribution in [1.82, 2.24) is 10.3 Å². The van der Waals surface area contributed by atoms with E-state index in [1.165, 1.54) is 0 Å². The number of aromatic nitrogens is 1. The molecule has 0 atom stereocenters. The smallest absolute Gasteiger partial charge is 0.226 e. The van der Waals surface area contributed by atoms with Crippen LogP contribution in [0.1, 0.15) is 5.69 Å². The standard InChI is InChI=1S/C11H16N2O4/c14-6-11(7-15,8-16)13-10(17)5-9-3-1-2-4-12-9/h1-4,14-16H,5-8H2,(H,13,17). The maximum absolute atomic E-state index is 11.6. The average molecular weight is 240 g/mol. The molecular weight excluding hydrogens is 224 g/mol. The van der Waals surface area contributed by atoms with Gasteiger partial charge in [-0.05, 0) is 12.1 Å². The summed E-state index contributed by atoms with van der Waals surface area (Å²) < 4.78 is 0. The lowest BCUT2D eigenvalue weighted by atomic mass is 10.0. The number of hydrogen-bond donors (Lipinski definition) is 4. The van der Waals surface area contributed by atoms with Gasteiger partial charge < -0.3 is 20.6 Å². The predicted octanol–water partition coefficient (Wildman–Crippen LogP) is -1.54. The highest BCUT2D eigenvalue weighted by molar-refractivity contribution is 5.79. The fraction of sp³-hybridized carbons (Fsp3) is 0.455. The van der Waals surface area contributed by atoms with Crippen molar-refractivity contribution in [1.29, 1.82) is 0 Å². The number of amides is 1. The third kappa shape index (κ3) is 3.77. The second-order valence-electron chi connectivity index (χ2n) is 3.80. The fourth-order valence-corrected chi connectivity index (χ4v) is 1.28. The van der Waals surface area contributed by atoms with Crippen molar-refractivity contribution < 1.29 is 20.1 Å². The summed E-state index contributed by atoms with van der Waals surface area (Å²) in [5.41, 5.74) is -0.806. The molecule has 0 unspecified atom stereocenters. The van der Waals surface area contributed by atoms with Crippen LogP contribution in [0.25, 0.3) is 0 Å². The van der Waals surface area contributed by atoms with Gasteiger partial charge in [0.2, 0.25) is 5.91 Å². The third-order valence-corrected chi connectivity index (χ3v) is 2.38. The van der Waals surface area contributed by atoms with Gasteiger partial charge >= 0.3 is 0 Å². The van der Waals surface area contributed by atoms with Crippen LogP contribution in [0.2, 0.25) is 0 Å². The molecule has 0 radical (unpaired) electrons. The molecule has 94 valence electrons. The molecule has 0 aromatic carbocycles. The number of aliphatic hydroxyl groups is 3. The second kappa shape index (κ2) is 6.29. The summed E-state index contributed by atoms with van der Waals surface area (Å²) in [6, 6.07) is 5.19. The Hall–Kier alpha value is -1.50. The normalized spacial score (nSPS) is 11.2. The minimum atomic E-state index is -1.38. The highest BCUT2D eigenvalue weighted by Gasteiger charge is 2.29. The zero-order valence-electron chi connectivity index (χ0n) is 9.33. The highest BCUT2D eigenvalue weighted by atomic mass is 16.3. The molecule has 6 nitrogen and oxygen atoms in total. The van der Waals surface area contributed by atoms with E-state index in [9.17, 15) is 4.79 Å². The molecule has 1 amide bonds. The van der Waals surface area contributed by atoms with Crippen molar-refractivity contribution in [2.45, 2.75) is 12.0 Å². The van der Waals surface area contributed by atoms with Crippen LogP contribution in [-0.2, 0) is 11.2 Å². The molecule has 0 spiro atoms. The number of pyridine rings is 1. The van der Waals surface area contributed by atoms with E-state index in [2.05, 4.69) is 10.3 Å². The summed E-state index contributed by atoms with van der Waals surface area (Å²) in [5, 5.41) is 29.5. The number of nitrogens with zero attached hydrogens (tertiary/aromatic N) is 1. The van der Waals surface area contributed by atoms with Crippen LogP contribution in [0, 0.1) is 0 Å². The zero-order valence-corrected chi connectivity index (χ0v) is 9.33. The topological polar surface area (TPSA) is 103 Å². The summed E-state index contributed by atoms with van der Waals surface area (Å²) in [5.74, 6) is -0.416. The zero-order chi connectivity index (χ0) is 12.7. The van der Waals surface area contributed by atoms with Crippen LogP contribution in [0.3, 0.4) is 0 Å². The lowest BCUT2D eigenvalue weighted by Gasteiger charge is -2.28. The van der Waals surface area contributed by atoms with E-state index >= 15 is 0 Å². The van der Waals surface area contributed by atoms with E-state index in [0.717, 1.165) is 0 Å².